The van der Waals surface area contributed by atoms with Crippen LogP contribution in [-0.4, -0.2) is 0 Å². The maximum absolute atomic E-state index is 11.9. The molecule has 0 N–H and O–H groups in total. The van der Waals surface area contributed by atoms with E-state index in [4.69, 9.17) is 16.0 Å². The lowest BCUT2D eigenvalue weighted by Crippen LogP contribution is -2.02. The van der Waals surface area contributed by atoms with E-state index < -0.39 is 0 Å². The van der Waals surface area contributed by atoms with Crippen LogP contribution in [0, 0.1) is 0 Å². The van der Waals surface area contributed by atoms with Crippen molar-refractivity contribution >= 4 is 22.4 Å². The van der Waals surface area contributed by atoms with Crippen LogP contribution in [0.3, 0.4) is 0 Å². The van der Waals surface area contributed by atoms with Gasteiger partial charge >= 0.3 is 5.63 Å². The molecule has 0 fully saturated rings. The molecule has 0 saturated carbocycles. The molecule has 0 unspecified atom stereocenters. The third-order valence-electron chi connectivity index (χ3n) is 3.01. The minimum atomic E-state index is -0.290. The Kier molecular flexibility index (Phi) is 3.10. The topological polar surface area (TPSA) is 30.2 Å². The summed E-state index contributed by atoms with van der Waals surface area (Å²) in [7, 11) is 0. The molecular weight excluding hydrogens is 260 g/mol. The number of rotatable bonds is 2. The van der Waals surface area contributed by atoms with Gasteiger partial charge in [0, 0.05) is 11.4 Å². The first-order valence-electron chi connectivity index (χ1n) is 5.98. The van der Waals surface area contributed by atoms with Gasteiger partial charge in [-0.15, -0.1) is 0 Å². The van der Waals surface area contributed by atoms with E-state index in [1.54, 1.807) is 6.07 Å². The molecule has 1 heterocycles. The van der Waals surface area contributed by atoms with Gasteiger partial charge in [0.2, 0.25) is 0 Å². The highest BCUT2D eigenvalue weighted by Gasteiger charge is 2.05. The van der Waals surface area contributed by atoms with Crippen molar-refractivity contribution in [2.75, 3.05) is 0 Å². The summed E-state index contributed by atoms with van der Waals surface area (Å²) < 4.78 is 5.34. The number of hydrogen-bond acceptors (Lipinski definition) is 2. The van der Waals surface area contributed by atoms with Crippen molar-refractivity contribution in [2.45, 2.75) is 6.42 Å². The van der Waals surface area contributed by atoms with Gasteiger partial charge in [-0.25, -0.2) is 4.79 Å². The largest absolute Gasteiger partial charge is 0.427 e. The molecule has 0 amide bonds. The molecule has 1 aromatic heterocycles. The first kappa shape index (κ1) is 12.0. The second-order valence-electron chi connectivity index (χ2n) is 4.39. The van der Waals surface area contributed by atoms with E-state index in [9.17, 15) is 4.79 Å². The summed E-state index contributed by atoms with van der Waals surface area (Å²) >= 11 is 5.84. The van der Waals surface area contributed by atoms with Crippen molar-refractivity contribution in [3.63, 3.8) is 0 Å². The molecule has 0 aliphatic rings. The van der Waals surface area contributed by atoms with Crippen LogP contribution in [0.5, 0.6) is 0 Å². The fraction of sp³-hybridized carbons (Fsp3) is 0.0625. The SMILES string of the molecule is O=c1oc(Cc2ccc(Cl)cc2)cc2ccccc12. The van der Waals surface area contributed by atoms with Gasteiger partial charge < -0.3 is 4.42 Å². The fourth-order valence-corrected chi connectivity index (χ4v) is 2.20. The molecule has 2 aromatic carbocycles. The maximum Gasteiger partial charge on any atom is 0.343 e. The Bertz CT molecular complexity index is 773. The average molecular weight is 271 g/mol. The molecule has 19 heavy (non-hydrogen) atoms. The van der Waals surface area contributed by atoms with Crippen molar-refractivity contribution in [3.05, 3.63) is 81.4 Å². The average Bonchev–Trinajstić information content (AvgIpc) is 2.42. The Labute approximate surface area is 115 Å². The van der Waals surface area contributed by atoms with Gasteiger partial charge in [-0.05, 0) is 35.2 Å². The van der Waals surface area contributed by atoms with Crippen molar-refractivity contribution in [3.8, 4) is 0 Å². The second kappa shape index (κ2) is 4.90. The van der Waals surface area contributed by atoms with Crippen LogP contribution in [0.2, 0.25) is 5.02 Å². The normalized spacial score (nSPS) is 10.8. The summed E-state index contributed by atoms with van der Waals surface area (Å²) in [5.74, 6) is 0.658. The molecule has 2 nitrogen and oxygen atoms in total. The monoisotopic (exact) mass is 270 g/mol. The maximum atomic E-state index is 11.9. The van der Waals surface area contributed by atoms with Crippen LogP contribution < -0.4 is 5.63 Å². The molecule has 3 heteroatoms. The molecule has 3 aromatic rings. The molecule has 0 aliphatic heterocycles. The summed E-state index contributed by atoms with van der Waals surface area (Å²) in [5.41, 5.74) is 0.768. The van der Waals surface area contributed by atoms with E-state index in [-0.39, 0.29) is 5.63 Å². The third kappa shape index (κ3) is 2.54. The molecule has 0 aliphatic carbocycles. The van der Waals surface area contributed by atoms with Crippen LogP contribution in [0.25, 0.3) is 10.8 Å². The second-order valence-corrected chi connectivity index (χ2v) is 4.83. The summed E-state index contributed by atoms with van der Waals surface area (Å²) in [5, 5.41) is 2.22. The predicted molar refractivity (Wildman–Crippen MR) is 76.7 cm³/mol. The molecule has 0 bridgehead atoms. The van der Waals surface area contributed by atoms with Gasteiger partial charge in [-0.3, -0.25) is 0 Å². The van der Waals surface area contributed by atoms with Gasteiger partial charge in [0.15, 0.2) is 0 Å². The summed E-state index contributed by atoms with van der Waals surface area (Å²) in [6.45, 7) is 0. The zero-order valence-corrected chi connectivity index (χ0v) is 10.9. The first-order valence-corrected chi connectivity index (χ1v) is 6.36. The minimum Gasteiger partial charge on any atom is -0.427 e. The Hall–Kier alpha value is -2.06. The van der Waals surface area contributed by atoms with Crippen LogP contribution in [-0.2, 0) is 6.42 Å². The van der Waals surface area contributed by atoms with Gasteiger partial charge in [0.1, 0.15) is 5.76 Å². The Balaban J connectivity index is 2.01. The smallest absolute Gasteiger partial charge is 0.343 e. The van der Waals surface area contributed by atoms with Crippen molar-refractivity contribution in [2.24, 2.45) is 0 Å². The highest BCUT2D eigenvalue weighted by atomic mass is 35.5. The van der Waals surface area contributed by atoms with E-state index >= 15 is 0 Å². The van der Waals surface area contributed by atoms with Crippen LogP contribution in [0.1, 0.15) is 11.3 Å². The molecule has 94 valence electrons. The van der Waals surface area contributed by atoms with Gasteiger partial charge in [-0.2, -0.15) is 0 Å². The predicted octanol–water partition coefficient (Wildman–Crippen LogP) is 4.04. The van der Waals surface area contributed by atoms with E-state index in [0.717, 1.165) is 10.9 Å². The lowest BCUT2D eigenvalue weighted by molar-refractivity contribution is 0.476. The third-order valence-corrected chi connectivity index (χ3v) is 3.26. The lowest BCUT2D eigenvalue weighted by Gasteiger charge is -2.03. The van der Waals surface area contributed by atoms with Gasteiger partial charge in [0.25, 0.3) is 0 Å². The molecule has 0 saturated heterocycles. The van der Waals surface area contributed by atoms with Crippen molar-refractivity contribution < 1.29 is 4.42 Å². The highest BCUT2D eigenvalue weighted by molar-refractivity contribution is 6.30. The van der Waals surface area contributed by atoms with E-state index in [0.29, 0.717) is 22.6 Å². The standard InChI is InChI=1S/C16H11ClO2/c17-13-7-5-11(6-8-13)9-14-10-12-3-1-2-4-15(12)16(18)19-14/h1-8,10H,9H2. The summed E-state index contributed by atoms with van der Waals surface area (Å²) in [6.07, 6.45) is 0.581. The quantitative estimate of drug-likeness (QED) is 0.703. The van der Waals surface area contributed by atoms with Crippen LogP contribution in [0.15, 0.2) is 63.8 Å². The highest BCUT2D eigenvalue weighted by Crippen LogP contribution is 2.16. The molecular formula is C16H11ClO2. The van der Waals surface area contributed by atoms with Crippen molar-refractivity contribution in [1.82, 2.24) is 0 Å². The zero-order valence-electron chi connectivity index (χ0n) is 10.1. The summed E-state index contributed by atoms with van der Waals surface area (Å²) in [4.78, 5) is 11.9. The lowest BCUT2D eigenvalue weighted by atomic mass is 10.1. The van der Waals surface area contributed by atoms with Gasteiger partial charge in [0.05, 0.1) is 5.39 Å². The number of fused-ring (bicyclic) bond motifs is 1. The van der Waals surface area contributed by atoms with Crippen molar-refractivity contribution in [1.29, 1.82) is 0 Å². The van der Waals surface area contributed by atoms with E-state index in [1.807, 2.05) is 48.5 Å². The fourth-order valence-electron chi connectivity index (χ4n) is 2.08. The molecule has 0 radical (unpaired) electrons. The Morgan fingerprint density at radius 3 is 2.53 bits per heavy atom. The Morgan fingerprint density at radius 1 is 1.00 bits per heavy atom. The van der Waals surface area contributed by atoms with E-state index in [1.165, 1.54) is 0 Å². The van der Waals surface area contributed by atoms with Crippen LogP contribution in [0.4, 0.5) is 0 Å². The van der Waals surface area contributed by atoms with Crippen LogP contribution >= 0.6 is 11.6 Å². The van der Waals surface area contributed by atoms with Gasteiger partial charge in [-0.1, -0.05) is 41.9 Å². The molecule has 0 atom stereocenters. The molecule has 0 spiro atoms. The number of hydrogen-bond donors (Lipinski definition) is 0. The first-order chi connectivity index (χ1) is 9.22. The minimum absolute atomic E-state index is 0.290. The number of benzene rings is 2. The summed E-state index contributed by atoms with van der Waals surface area (Å²) in [6, 6.07) is 16.9. The molecule has 3 rings (SSSR count). The Morgan fingerprint density at radius 2 is 1.74 bits per heavy atom. The number of halogens is 1. The zero-order chi connectivity index (χ0) is 13.2. The van der Waals surface area contributed by atoms with E-state index in [2.05, 4.69) is 0 Å².